The Hall–Kier alpha value is -2.43. The highest BCUT2D eigenvalue weighted by molar-refractivity contribution is 7.80. The number of unbranched alkanes of at least 4 members (excludes halogenated alkanes) is 1. The van der Waals surface area contributed by atoms with Crippen molar-refractivity contribution in [2.24, 2.45) is 0 Å². The molecule has 1 aromatic carbocycles. The topological polar surface area (TPSA) is 74.2 Å². The minimum absolute atomic E-state index is 0.157. The second kappa shape index (κ2) is 9.32. The van der Waals surface area contributed by atoms with Crippen molar-refractivity contribution in [1.29, 1.82) is 5.26 Å². The van der Waals surface area contributed by atoms with Gasteiger partial charge in [0.1, 0.15) is 16.8 Å². The van der Waals surface area contributed by atoms with Crippen LogP contribution in [0.15, 0.2) is 24.3 Å². The minimum Gasteiger partial charge on any atom is -0.494 e. The lowest BCUT2D eigenvalue weighted by atomic mass is 10.2. The Morgan fingerprint density at radius 1 is 1.38 bits per heavy atom. The molecule has 0 atom stereocenters. The summed E-state index contributed by atoms with van der Waals surface area (Å²) in [4.78, 5) is 13.4. The number of nitriles is 1. The summed E-state index contributed by atoms with van der Waals surface area (Å²) in [5.41, 5.74) is 1.93. The number of hydrogen-bond donors (Lipinski definition) is 2. The molecule has 0 saturated heterocycles. The fraction of sp³-hybridized carbons (Fsp3) is 0.316. The van der Waals surface area contributed by atoms with Gasteiger partial charge in [0.05, 0.1) is 12.2 Å². The summed E-state index contributed by atoms with van der Waals surface area (Å²) in [6, 6.07) is 9.14. The van der Waals surface area contributed by atoms with Crippen LogP contribution >= 0.6 is 23.6 Å². The van der Waals surface area contributed by atoms with Gasteiger partial charge in [0, 0.05) is 10.4 Å². The molecule has 0 aliphatic heterocycles. The van der Waals surface area contributed by atoms with E-state index in [-0.39, 0.29) is 11.0 Å². The molecule has 2 rings (SSSR count). The highest BCUT2D eigenvalue weighted by Crippen LogP contribution is 2.31. The van der Waals surface area contributed by atoms with Crippen LogP contribution in [0.1, 0.15) is 46.1 Å². The van der Waals surface area contributed by atoms with E-state index in [0.717, 1.165) is 23.3 Å². The van der Waals surface area contributed by atoms with Crippen LogP contribution in [0.25, 0.3) is 0 Å². The molecule has 1 amide bonds. The Labute approximate surface area is 163 Å². The van der Waals surface area contributed by atoms with E-state index in [4.69, 9.17) is 17.0 Å². The Morgan fingerprint density at radius 2 is 2.15 bits per heavy atom. The number of carbonyl (C=O) groups is 1. The fourth-order valence-corrected chi connectivity index (χ4v) is 3.50. The summed E-state index contributed by atoms with van der Waals surface area (Å²) in [6.45, 7) is 6.55. The van der Waals surface area contributed by atoms with E-state index >= 15 is 0 Å². The molecule has 26 heavy (non-hydrogen) atoms. The second-order valence-corrected chi connectivity index (χ2v) is 7.37. The number of thiophene rings is 1. The normalized spacial score (nSPS) is 10.1. The fourth-order valence-electron chi connectivity index (χ4n) is 2.22. The largest absolute Gasteiger partial charge is 0.494 e. The molecule has 1 heterocycles. The minimum atomic E-state index is -0.327. The van der Waals surface area contributed by atoms with Gasteiger partial charge in [0.25, 0.3) is 5.91 Å². The van der Waals surface area contributed by atoms with Crippen molar-refractivity contribution in [3.8, 4) is 11.8 Å². The molecular weight excluding hydrogens is 366 g/mol. The number of nitrogens with one attached hydrogen (secondary N) is 2. The van der Waals surface area contributed by atoms with Gasteiger partial charge in [-0.2, -0.15) is 5.26 Å². The SMILES string of the molecule is CCCCOc1cccc(C(=O)NC(=S)Nc2sc(C)c(C)c2C#N)c1. The molecule has 2 N–H and O–H groups in total. The van der Waals surface area contributed by atoms with E-state index in [1.807, 2.05) is 19.9 Å². The summed E-state index contributed by atoms with van der Waals surface area (Å²) < 4.78 is 5.62. The second-order valence-electron chi connectivity index (χ2n) is 5.74. The Bertz CT molecular complexity index is 853. The van der Waals surface area contributed by atoms with E-state index in [9.17, 15) is 10.1 Å². The number of hydrogen-bond acceptors (Lipinski definition) is 5. The van der Waals surface area contributed by atoms with Crippen molar-refractivity contribution in [2.75, 3.05) is 11.9 Å². The number of thiocarbonyl (C=S) groups is 1. The third-order valence-corrected chi connectivity index (χ3v) is 5.14. The van der Waals surface area contributed by atoms with Gasteiger partial charge < -0.3 is 10.1 Å². The first kappa shape index (κ1) is 19.9. The van der Waals surface area contributed by atoms with Gasteiger partial charge in [0.2, 0.25) is 0 Å². The molecule has 0 aliphatic rings. The third-order valence-electron chi connectivity index (χ3n) is 3.81. The van der Waals surface area contributed by atoms with E-state index in [1.165, 1.54) is 11.3 Å². The van der Waals surface area contributed by atoms with Crippen LogP contribution in [0.5, 0.6) is 5.75 Å². The van der Waals surface area contributed by atoms with Crippen molar-refractivity contribution >= 4 is 39.6 Å². The van der Waals surface area contributed by atoms with Gasteiger partial charge in [-0.15, -0.1) is 11.3 Å². The lowest BCUT2D eigenvalue weighted by Gasteiger charge is -2.10. The molecule has 5 nitrogen and oxygen atoms in total. The van der Waals surface area contributed by atoms with Gasteiger partial charge in [-0.1, -0.05) is 19.4 Å². The molecule has 0 unspecified atom stereocenters. The Balaban J connectivity index is 2.01. The zero-order valence-electron chi connectivity index (χ0n) is 15.0. The maximum absolute atomic E-state index is 12.4. The molecule has 0 bridgehead atoms. The lowest BCUT2D eigenvalue weighted by molar-refractivity contribution is 0.0977. The number of benzene rings is 1. The Kier molecular flexibility index (Phi) is 7.13. The van der Waals surface area contributed by atoms with Crippen LogP contribution in [0, 0.1) is 25.2 Å². The van der Waals surface area contributed by atoms with Crippen molar-refractivity contribution in [2.45, 2.75) is 33.6 Å². The van der Waals surface area contributed by atoms with Crippen molar-refractivity contribution < 1.29 is 9.53 Å². The molecule has 2 aromatic rings. The molecule has 0 aliphatic carbocycles. The van der Waals surface area contributed by atoms with Crippen LogP contribution < -0.4 is 15.4 Å². The van der Waals surface area contributed by atoms with E-state index < -0.39 is 0 Å². The summed E-state index contributed by atoms with van der Waals surface area (Å²) >= 11 is 6.65. The summed E-state index contributed by atoms with van der Waals surface area (Å²) in [5, 5.41) is 15.7. The maximum atomic E-state index is 12.4. The number of amides is 1. The predicted octanol–water partition coefficient (Wildman–Crippen LogP) is 4.54. The monoisotopic (exact) mass is 387 g/mol. The third kappa shape index (κ3) is 5.04. The average Bonchev–Trinajstić information content (AvgIpc) is 2.88. The van der Waals surface area contributed by atoms with Gasteiger partial charge in [0.15, 0.2) is 5.11 Å². The van der Waals surface area contributed by atoms with E-state index in [2.05, 4.69) is 23.6 Å². The molecule has 0 saturated carbocycles. The highest BCUT2D eigenvalue weighted by atomic mass is 32.1. The van der Waals surface area contributed by atoms with Crippen LogP contribution in [0.4, 0.5) is 5.00 Å². The summed E-state index contributed by atoms with van der Waals surface area (Å²) in [7, 11) is 0. The first-order valence-corrected chi connectivity index (χ1v) is 9.54. The molecule has 0 fully saturated rings. The van der Waals surface area contributed by atoms with Crippen molar-refractivity contribution in [3.63, 3.8) is 0 Å². The van der Waals surface area contributed by atoms with Crippen LogP contribution in [-0.2, 0) is 0 Å². The lowest BCUT2D eigenvalue weighted by Crippen LogP contribution is -2.34. The predicted molar refractivity (Wildman–Crippen MR) is 109 cm³/mol. The van der Waals surface area contributed by atoms with Gasteiger partial charge in [-0.05, 0) is 56.2 Å². The number of ether oxygens (including phenoxy) is 1. The number of nitrogens with zero attached hydrogens (tertiary/aromatic N) is 1. The standard InChI is InChI=1S/C19H21N3O2S2/c1-4-5-9-24-15-8-6-7-14(10-15)17(23)21-19(25)22-18-16(11-20)12(2)13(3)26-18/h6-8,10H,4-5,9H2,1-3H3,(H2,21,22,23,25). The summed E-state index contributed by atoms with van der Waals surface area (Å²) in [6.07, 6.45) is 2.01. The Morgan fingerprint density at radius 3 is 2.85 bits per heavy atom. The van der Waals surface area contributed by atoms with Crippen molar-refractivity contribution in [3.05, 3.63) is 45.8 Å². The zero-order valence-corrected chi connectivity index (χ0v) is 16.6. The smallest absolute Gasteiger partial charge is 0.257 e. The van der Waals surface area contributed by atoms with E-state index in [0.29, 0.717) is 28.5 Å². The van der Waals surface area contributed by atoms with Crippen LogP contribution in [0.2, 0.25) is 0 Å². The first-order chi connectivity index (χ1) is 12.5. The molecule has 7 heteroatoms. The number of rotatable bonds is 6. The van der Waals surface area contributed by atoms with Gasteiger partial charge >= 0.3 is 0 Å². The van der Waals surface area contributed by atoms with Gasteiger partial charge in [-0.3, -0.25) is 10.1 Å². The molecule has 136 valence electrons. The molecule has 0 radical (unpaired) electrons. The van der Waals surface area contributed by atoms with E-state index in [1.54, 1.807) is 18.2 Å². The maximum Gasteiger partial charge on any atom is 0.257 e. The quantitative estimate of drug-likeness (QED) is 0.562. The zero-order chi connectivity index (χ0) is 19.1. The van der Waals surface area contributed by atoms with Crippen LogP contribution in [-0.4, -0.2) is 17.6 Å². The van der Waals surface area contributed by atoms with Gasteiger partial charge in [-0.25, -0.2) is 0 Å². The first-order valence-electron chi connectivity index (χ1n) is 8.31. The van der Waals surface area contributed by atoms with Crippen LogP contribution in [0.3, 0.4) is 0 Å². The molecule has 0 spiro atoms. The summed E-state index contributed by atoms with van der Waals surface area (Å²) in [5.74, 6) is 0.327. The number of aryl methyl sites for hydroxylation is 1. The number of anilines is 1. The average molecular weight is 388 g/mol. The number of carbonyl (C=O) groups excluding carboxylic acids is 1. The van der Waals surface area contributed by atoms with Crippen molar-refractivity contribution in [1.82, 2.24) is 5.32 Å². The molecular formula is C19H21N3O2S2. The highest BCUT2D eigenvalue weighted by Gasteiger charge is 2.15. The molecule has 1 aromatic heterocycles.